The number of likely N-dealkylation sites (N-methyl/N-ethyl adjacent to an activating group) is 1. The molecule has 0 spiro atoms. The Morgan fingerprint density at radius 2 is 1.85 bits per heavy atom. The second-order valence-corrected chi connectivity index (χ2v) is 14.0. The maximum Gasteiger partial charge on any atom is 0.254 e. The second kappa shape index (κ2) is 8.95. The third kappa shape index (κ3) is 5.94. The second-order valence-electron chi connectivity index (χ2n) is 8.83. The summed E-state index contributed by atoms with van der Waals surface area (Å²) in [5.41, 5.74) is 2.42. The molecule has 0 radical (unpaired) electrons. The molecule has 152 valence electrons. The van der Waals surface area contributed by atoms with Gasteiger partial charge in [-0.2, -0.15) is 0 Å². The molecule has 1 fully saturated rings. The zero-order chi connectivity index (χ0) is 20.2. The average molecular weight is 412 g/mol. The van der Waals surface area contributed by atoms with E-state index in [1.54, 1.807) is 0 Å². The van der Waals surface area contributed by atoms with E-state index in [0.29, 0.717) is 18.7 Å². The van der Waals surface area contributed by atoms with Gasteiger partial charge in [-0.25, -0.2) is 0 Å². The van der Waals surface area contributed by atoms with Crippen molar-refractivity contribution in [2.75, 3.05) is 56.6 Å². The zero-order valence-corrected chi connectivity index (χ0v) is 19.3. The topological polar surface area (TPSA) is 44.8 Å². The molecule has 5 nitrogen and oxygen atoms in total. The molecule has 0 unspecified atom stereocenters. The Hall–Kier alpha value is -1.08. The lowest BCUT2D eigenvalue weighted by Crippen LogP contribution is -2.44. The summed E-state index contributed by atoms with van der Waals surface area (Å²) in [6.07, 6.45) is 0. The SMILES string of the molecule is CN1CCN(c2ccc(C(=O)Cl)c(NCCO[Si](C)(C)C(C)(C)C)c2)CC1. The van der Waals surface area contributed by atoms with Crippen LogP contribution < -0.4 is 10.2 Å². The molecule has 1 aromatic carbocycles. The van der Waals surface area contributed by atoms with Crippen LogP contribution in [0, 0.1) is 0 Å². The quantitative estimate of drug-likeness (QED) is 0.412. The van der Waals surface area contributed by atoms with Crippen molar-refractivity contribution in [3.63, 3.8) is 0 Å². The highest BCUT2D eigenvalue weighted by atomic mass is 35.5. The van der Waals surface area contributed by atoms with Crippen LogP contribution in [0.15, 0.2) is 18.2 Å². The number of carbonyl (C=O) groups excluding carboxylic acids is 1. The van der Waals surface area contributed by atoms with Gasteiger partial charge in [-0.05, 0) is 55.0 Å². The summed E-state index contributed by atoms with van der Waals surface area (Å²) in [6, 6.07) is 5.84. The smallest absolute Gasteiger partial charge is 0.254 e. The first kappa shape index (κ1) is 22.2. The van der Waals surface area contributed by atoms with E-state index in [9.17, 15) is 4.79 Å². The molecule has 1 aromatic rings. The number of hydrogen-bond acceptors (Lipinski definition) is 5. The van der Waals surface area contributed by atoms with Crippen molar-refractivity contribution < 1.29 is 9.22 Å². The van der Waals surface area contributed by atoms with Gasteiger partial charge >= 0.3 is 0 Å². The summed E-state index contributed by atoms with van der Waals surface area (Å²) < 4.78 is 6.22. The first-order chi connectivity index (χ1) is 12.5. The molecule has 0 amide bonds. The fourth-order valence-electron chi connectivity index (χ4n) is 2.82. The van der Waals surface area contributed by atoms with Crippen molar-refractivity contribution in [1.82, 2.24) is 4.90 Å². The molecule has 1 aliphatic heterocycles. The number of nitrogens with one attached hydrogen (secondary N) is 1. The van der Waals surface area contributed by atoms with E-state index in [1.165, 1.54) is 0 Å². The van der Waals surface area contributed by atoms with E-state index in [4.69, 9.17) is 16.0 Å². The summed E-state index contributed by atoms with van der Waals surface area (Å²) in [5.74, 6) is 0. The molecular weight excluding hydrogens is 378 g/mol. The zero-order valence-electron chi connectivity index (χ0n) is 17.6. The van der Waals surface area contributed by atoms with Gasteiger partial charge in [-0.3, -0.25) is 4.79 Å². The fourth-order valence-corrected chi connectivity index (χ4v) is 4.03. The predicted octanol–water partition coefficient (Wildman–Crippen LogP) is 4.25. The van der Waals surface area contributed by atoms with Crippen LogP contribution in [0.25, 0.3) is 0 Å². The molecule has 0 aromatic heterocycles. The van der Waals surface area contributed by atoms with E-state index in [-0.39, 0.29) is 5.04 Å². The van der Waals surface area contributed by atoms with Crippen LogP contribution in [-0.2, 0) is 4.43 Å². The third-order valence-electron chi connectivity index (χ3n) is 5.77. The molecular formula is C20H34ClN3O2Si. The Kier molecular flexibility index (Phi) is 7.36. The van der Waals surface area contributed by atoms with Gasteiger partial charge in [0.2, 0.25) is 0 Å². The number of halogens is 1. The largest absolute Gasteiger partial charge is 0.415 e. The molecule has 1 N–H and O–H groups in total. The summed E-state index contributed by atoms with van der Waals surface area (Å²) in [7, 11) is 0.372. The predicted molar refractivity (Wildman–Crippen MR) is 118 cm³/mol. The number of anilines is 2. The van der Waals surface area contributed by atoms with Gasteiger partial charge in [0, 0.05) is 44.1 Å². The van der Waals surface area contributed by atoms with Gasteiger partial charge < -0.3 is 19.5 Å². The Bertz CT molecular complexity index is 653. The number of nitrogens with zero attached hydrogens (tertiary/aromatic N) is 2. The minimum atomic E-state index is -1.77. The normalized spacial score (nSPS) is 16.5. The number of benzene rings is 1. The monoisotopic (exact) mass is 411 g/mol. The molecule has 27 heavy (non-hydrogen) atoms. The molecule has 0 aliphatic carbocycles. The van der Waals surface area contributed by atoms with Crippen molar-refractivity contribution in [2.24, 2.45) is 0 Å². The van der Waals surface area contributed by atoms with Crippen LogP contribution in [0.3, 0.4) is 0 Å². The Morgan fingerprint density at radius 1 is 1.22 bits per heavy atom. The fraction of sp³-hybridized carbons (Fsp3) is 0.650. The Labute approximate surface area is 170 Å². The molecule has 0 saturated carbocycles. The molecule has 1 aliphatic rings. The third-order valence-corrected chi connectivity index (χ3v) is 10.5. The van der Waals surface area contributed by atoms with E-state index in [0.717, 1.165) is 37.6 Å². The number of hydrogen-bond donors (Lipinski definition) is 1. The number of piperazine rings is 1. The molecule has 0 bridgehead atoms. The van der Waals surface area contributed by atoms with Gasteiger partial charge in [0.05, 0.1) is 12.2 Å². The lowest BCUT2D eigenvalue weighted by Gasteiger charge is -2.36. The van der Waals surface area contributed by atoms with Crippen molar-refractivity contribution in [1.29, 1.82) is 0 Å². The van der Waals surface area contributed by atoms with Crippen molar-refractivity contribution >= 4 is 36.5 Å². The van der Waals surface area contributed by atoms with E-state index in [1.807, 2.05) is 18.2 Å². The first-order valence-corrected chi connectivity index (χ1v) is 12.9. The van der Waals surface area contributed by atoms with Crippen LogP contribution in [0.2, 0.25) is 18.1 Å². The van der Waals surface area contributed by atoms with Crippen molar-refractivity contribution in [3.05, 3.63) is 23.8 Å². The van der Waals surface area contributed by atoms with E-state index in [2.05, 4.69) is 56.0 Å². The van der Waals surface area contributed by atoms with E-state index >= 15 is 0 Å². The standard InChI is InChI=1S/C20H34ClN3O2Si/c1-20(2,3)27(5,6)26-14-9-22-18-15-16(7-8-17(18)19(21)25)24-12-10-23(4)11-13-24/h7-8,15,22H,9-14H2,1-6H3. The highest BCUT2D eigenvalue weighted by Gasteiger charge is 2.36. The Morgan fingerprint density at radius 3 is 2.41 bits per heavy atom. The van der Waals surface area contributed by atoms with Gasteiger partial charge in [0.25, 0.3) is 5.24 Å². The highest BCUT2D eigenvalue weighted by molar-refractivity contribution is 6.74. The molecule has 7 heteroatoms. The first-order valence-electron chi connectivity index (χ1n) is 9.66. The minimum absolute atomic E-state index is 0.186. The van der Waals surface area contributed by atoms with Gasteiger partial charge in [-0.1, -0.05) is 20.8 Å². The lowest BCUT2D eigenvalue weighted by atomic mass is 10.1. The minimum Gasteiger partial charge on any atom is -0.415 e. The van der Waals surface area contributed by atoms with Gasteiger partial charge in [0.15, 0.2) is 8.32 Å². The van der Waals surface area contributed by atoms with E-state index < -0.39 is 13.6 Å². The summed E-state index contributed by atoms with van der Waals surface area (Å²) in [6.45, 7) is 16.5. The number of carbonyl (C=O) groups is 1. The van der Waals surface area contributed by atoms with Gasteiger partial charge in [-0.15, -0.1) is 0 Å². The van der Waals surface area contributed by atoms with Crippen LogP contribution in [0.5, 0.6) is 0 Å². The van der Waals surface area contributed by atoms with Crippen LogP contribution in [0.4, 0.5) is 11.4 Å². The maximum atomic E-state index is 11.8. The maximum absolute atomic E-state index is 11.8. The molecule has 1 heterocycles. The molecule has 2 rings (SSSR count). The summed E-state index contributed by atoms with van der Waals surface area (Å²) in [4.78, 5) is 16.5. The average Bonchev–Trinajstić information content (AvgIpc) is 2.58. The van der Waals surface area contributed by atoms with Crippen LogP contribution in [0.1, 0.15) is 31.1 Å². The van der Waals surface area contributed by atoms with Crippen molar-refractivity contribution in [3.8, 4) is 0 Å². The molecule has 1 saturated heterocycles. The van der Waals surface area contributed by atoms with Crippen LogP contribution in [-0.4, -0.2) is 64.8 Å². The lowest BCUT2D eigenvalue weighted by molar-refractivity contribution is 0.108. The van der Waals surface area contributed by atoms with Gasteiger partial charge in [0.1, 0.15) is 0 Å². The van der Waals surface area contributed by atoms with Crippen LogP contribution >= 0.6 is 11.6 Å². The molecule has 0 atom stereocenters. The number of rotatable bonds is 7. The van der Waals surface area contributed by atoms with Crippen molar-refractivity contribution in [2.45, 2.75) is 38.9 Å². The summed E-state index contributed by atoms with van der Waals surface area (Å²) >= 11 is 5.79. The highest BCUT2D eigenvalue weighted by Crippen LogP contribution is 2.36. The Balaban J connectivity index is 2.03. The summed E-state index contributed by atoms with van der Waals surface area (Å²) in [5, 5.41) is 3.11.